The number of hydrogen-bond donors (Lipinski definition) is 1. The highest BCUT2D eigenvalue weighted by Gasteiger charge is 2.36. The quantitative estimate of drug-likeness (QED) is 0.143. The predicted molar refractivity (Wildman–Crippen MR) is 190 cm³/mol. The number of alkyl carbamates (subject to hydrolysis) is 1. The summed E-state index contributed by atoms with van der Waals surface area (Å²) in [6.07, 6.45) is 3.72. The lowest BCUT2D eigenvalue weighted by molar-refractivity contribution is -0.136. The van der Waals surface area contributed by atoms with Gasteiger partial charge in [0.05, 0.1) is 16.0 Å². The smallest absolute Gasteiger partial charge is 0.407 e. The molecule has 0 radical (unpaired) electrons. The summed E-state index contributed by atoms with van der Waals surface area (Å²) in [4.78, 5) is 28.8. The Morgan fingerprint density at radius 2 is 1.58 bits per heavy atom. The van der Waals surface area contributed by atoms with Gasteiger partial charge in [-0.05, 0) is 106 Å². The molecule has 2 amide bonds. The fraction of sp³-hybridized carbons (Fsp3) is 0.474. The second-order valence-electron chi connectivity index (χ2n) is 13.3. The van der Waals surface area contributed by atoms with Gasteiger partial charge < -0.3 is 29.2 Å². The number of nitrogens with one attached hydrogen (secondary N) is 1. The fourth-order valence-electron chi connectivity index (χ4n) is 5.41. The molecular weight excluding hydrogens is 651 g/mol. The average molecular weight is 700 g/mol. The van der Waals surface area contributed by atoms with Gasteiger partial charge in [-0.25, -0.2) is 4.79 Å². The number of carbonyl (C=O) groups excluding carboxylic acids is 2. The minimum Gasteiger partial charge on any atom is -0.490 e. The van der Waals surface area contributed by atoms with Gasteiger partial charge in [0.15, 0.2) is 5.75 Å². The van der Waals surface area contributed by atoms with Gasteiger partial charge in [-0.3, -0.25) is 4.79 Å². The maximum absolute atomic E-state index is 14.2. The van der Waals surface area contributed by atoms with Crippen molar-refractivity contribution in [1.82, 2.24) is 10.2 Å². The van der Waals surface area contributed by atoms with E-state index >= 15 is 0 Å². The van der Waals surface area contributed by atoms with Crippen molar-refractivity contribution in [1.29, 1.82) is 0 Å². The van der Waals surface area contributed by atoms with Crippen LogP contribution in [-0.2, 0) is 33.7 Å². The minimum absolute atomic E-state index is 0.0178. The molecule has 0 bridgehead atoms. The van der Waals surface area contributed by atoms with Crippen LogP contribution in [0.25, 0.3) is 0 Å². The number of amides is 2. The van der Waals surface area contributed by atoms with Crippen LogP contribution in [0, 0.1) is 12.8 Å². The van der Waals surface area contributed by atoms with E-state index < -0.39 is 17.6 Å². The first-order chi connectivity index (χ1) is 22.9. The van der Waals surface area contributed by atoms with Crippen molar-refractivity contribution in [2.24, 2.45) is 5.92 Å². The zero-order chi connectivity index (χ0) is 34.7. The van der Waals surface area contributed by atoms with Crippen LogP contribution in [0.15, 0.2) is 60.7 Å². The molecule has 1 saturated carbocycles. The van der Waals surface area contributed by atoms with Crippen LogP contribution in [-0.4, -0.2) is 62.0 Å². The Morgan fingerprint density at radius 3 is 2.23 bits per heavy atom. The van der Waals surface area contributed by atoms with Crippen molar-refractivity contribution in [2.45, 2.75) is 78.0 Å². The van der Waals surface area contributed by atoms with Crippen LogP contribution < -0.4 is 14.8 Å². The van der Waals surface area contributed by atoms with Crippen LogP contribution in [0.3, 0.4) is 0 Å². The molecule has 0 heterocycles. The molecule has 4 rings (SSSR count). The van der Waals surface area contributed by atoms with E-state index in [1.807, 2.05) is 56.9 Å². The third-order valence-electron chi connectivity index (χ3n) is 7.82. The topological polar surface area (TPSA) is 86.3 Å². The van der Waals surface area contributed by atoms with Crippen molar-refractivity contribution in [2.75, 3.05) is 33.5 Å². The molecular formula is C38H48Cl2N2O6. The highest BCUT2D eigenvalue weighted by molar-refractivity contribution is 6.37. The van der Waals surface area contributed by atoms with Gasteiger partial charge in [0.2, 0.25) is 5.91 Å². The molecule has 1 aliphatic carbocycles. The molecule has 0 saturated heterocycles. The van der Waals surface area contributed by atoms with Crippen molar-refractivity contribution in [3.63, 3.8) is 0 Å². The van der Waals surface area contributed by atoms with Gasteiger partial charge in [0.1, 0.15) is 24.6 Å². The maximum Gasteiger partial charge on any atom is 0.407 e. The number of aryl methyl sites for hydroxylation is 2. The van der Waals surface area contributed by atoms with Gasteiger partial charge in [0, 0.05) is 32.8 Å². The molecule has 3 aromatic rings. The zero-order valence-corrected chi connectivity index (χ0v) is 30.2. The summed E-state index contributed by atoms with van der Waals surface area (Å²) in [6.45, 7) is 9.32. The van der Waals surface area contributed by atoms with Gasteiger partial charge >= 0.3 is 6.09 Å². The Hall–Kier alpha value is -3.46. The highest BCUT2D eigenvalue weighted by Crippen LogP contribution is 2.34. The standard InChI is InChI=1S/C38H48Cl2N2O6/c1-26-20-33(39)35(34(40)21-26)47-19-18-46-32-15-11-28(12-16-32)23-30(24-41-37(44)48-38(2,3)4)36(43)42(31-13-14-31)25-29-9-6-8-27(22-29)10-7-17-45-5/h6,8-9,11-12,15-16,20-22,30-31H,7,10,13-14,17-19,23-25H2,1-5H3,(H,41,44). The number of benzene rings is 3. The molecule has 3 aromatic carbocycles. The second kappa shape index (κ2) is 17.8. The number of hydrogen-bond acceptors (Lipinski definition) is 6. The molecule has 1 unspecified atom stereocenters. The normalized spacial score (nSPS) is 13.5. The highest BCUT2D eigenvalue weighted by atomic mass is 35.5. The molecule has 1 aliphatic rings. The SMILES string of the molecule is COCCCc1cccc(CN(C(=O)C(CNC(=O)OC(C)(C)C)Cc2ccc(OCCOc3c(Cl)cc(C)cc3Cl)cc2)C2CC2)c1. The van der Waals surface area contributed by atoms with Crippen molar-refractivity contribution in [3.05, 3.63) is 93.0 Å². The van der Waals surface area contributed by atoms with E-state index in [1.54, 1.807) is 19.2 Å². The van der Waals surface area contributed by atoms with Crippen LogP contribution in [0.1, 0.15) is 62.3 Å². The van der Waals surface area contributed by atoms with Crippen molar-refractivity contribution >= 4 is 35.2 Å². The molecule has 48 heavy (non-hydrogen) atoms. The Labute approximate surface area is 295 Å². The Morgan fingerprint density at radius 1 is 0.917 bits per heavy atom. The fourth-order valence-corrected chi connectivity index (χ4v) is 6.12. The lowest BCUT2D eigenvalue weighted by Crippen LogP contribution is -2.44. The van der Waals surface area contributed by atoms with Crippen LogP contribution in [0.4, 0.5) is 4.79 Å². The first-order valence-corrected chi connectivity index (χ1v) is 17.3. The molecule has 0 aliphatic heterocycles. The summed E-state index contributed by atoms with van der Waals surface area (Å²) in [5.41, 5.74) is 3.60. The van der Waals surface area contributed by atoms with E-state index in [0.717, 1.165) is 42.4 Å². The summed E-state index contributed by atoms with van der Waals surface area (Å²) >= 11 is 12.6. The van der Waals surface area contributed by atoms with Crippen LogP contribution >= 0.6 is 23.2 Å². The average Bonchev–Trinajstić information content (AvgIpc) is 3.86. The number of halogens is 2. The maximum atomic E-state index is 14.2. The van der Waals surface area contributed by atoms with Gasteiger partial charge in [-0.15, -0.1) is 0 Å². The van der Waals surface area contributed by atoms with Crippen molar-refractivity contribution in [3.8, 4) is 11.5 Å². The molecule has 0 aromatic heterocycles. The van der Waals surface area contributed by atoms with Gasteiger partial charge in [0.25, 0.3) is 0 Å². The first kappa shape index (κ1) is 37.4. The summed E-state index contributed by atoms with van der Waals surface area (Å²) in [6, 6.07) is 19.9. The van der Waals surface area contributed by atoms with E-state index in [2.05, 4.69) is 29.6 Å². The third kappa shape index (κ3) is 12.2. The summed E-state index contributed by atoms with van der Waals surface area (Å²) in [7, 11) is 1.71. The summed E-state index contributed by atoms with van der Waals surface area (Å²) < 4.78 is 22.3. The first-order valence-electron chi connectivity index (χ1n) is 16.6. The van der Waals surface area contributed by atoms with Crippen LogP contribution in [0.2, 0.25) is 10.0 Å². The largest absolute Gasteiger partial charge is 0.490 e. The molecule has 1 atom stereocenters. The number of methoxy groups -OCH3 is 1. The Bertz CT molecular complexity index is 1480. The number of ether oxygens (including phenoxy) is 4. The molecule has 1 N–H and O–H groups in total. The summed E-state index contributed by atoms with van der Waals surface area (Å²) in [5.74, 6) is 0.647. The third-order valence-corrected chi connectivity index (χ3v) is 8.38. The Kier molecular flexibility index (Phi) is 13.9. The lowest BCUT2D eigenvalue weighted by atomic mass is 9.97. The van der Waals surface area contributed by atoms with E-state index in [-0.39, 0.29) is 25.1 Å². The second-order valence-corrected chi connectivity index (χ2v) is 14.1. The molecule has 0 spiro atoms. The van der Waals surface area contributed by atoms with Crippen LogP contribution in [0.5, 0.6) is 11.5 Å². The number of nitrogens with zero attached hydrogens (tertiary/aromatic N) is 1. The van der Waals surface area contributed by atoms with Crippen molar-refractivity contribution < 1.29 is 28.5 Å². The lowest BCUT2D eigenvalue weighted by Gasteiger charge is -2.28. The monoisotopic (exact) mass is 698 g/mol. The zero-order valence-electron chi connectivity index (χ0n) is 28.7. The molecule has 260 valence electrons. The molecule has 8 nitrogen and oxygen atoms in total. The van der Waals surface area contributed by atoms with E-state index in [9.17, 15) is 9.59 Å². The Balaban J connectivity index is 1.41. The van der Waals surface area contributed by atoms with Gasteiger partial charge in [-0.2, -0.15) is 0 Å². The van der Waals surface area contributed by atoms with Gasteiger partial charge in [-0.1, -0.05) is 59.6 Å². The number of carbonyl (C=O) groups is 2. The van der Waals surface area contributed by atoms with E-state index in [4.69, 9.17) is 42.1 Å². The van der Waals surface area contributed by atoms with E-state index in [0.29, 0.717) is 47.7 Å². The molecule has 10 heteroatoms. The summed E-state index contributed by atoms with van der Waals surface area (Å²) in [5, 5.41) is 3.77. The minimum atomic E-state index is -0.641. The number of rotatable bonds is 17. The van der Waals surface area contributed by atoms with E-state index in [1.165, 1.54) is 5.56 Å². The molecule has 1 fully saturated rings. The predicted octanol–water partition coefficient (Wildman–Crippen LogP) is 8.21.